The van der Waals surface area contributed by atoms with Crippen LogP contribution in [0.3, 0.4) is 0 Å². The van der Waals surface area contributed by atoms with Crippen LogP contribution in [0.2, 0.25) is 0 Å². The van der Waals surface area contributed by atoms with Gasteiger partial charge in [0.25, 0.3) is 0 Å². The Balaban J connectivity index is 1.89. The van der Waals surface area contributed by atoms with E-state index in [2.05, 4.69) is 6.58 Å². The fourth-order valence-corrected chi connectivity index (χ4v) is 2.04. The summed E-state index contributed by atoms with van der Waals surface area (Å²) in [6, 6.07) is 19.5. The largest absolute Gasteiger partial charge is 0.366 e. The minimum atomic E-state index is -0.665. The third-order valence-electron chi connectivity index (χ3n) is 3.26. The van der Waals surface area contributed by atoms with Crippen molar-refractivity contribution in [1.82, 2.24) is 0 Å². The van der Waals surface area contributed by atoms with E-state index in [1.807, 2.05) is 60.7 Å². The molecule has 0 saturated carbocycles. The SMILES string of the molecule is C=C[C@H](OCc1ccccc1)[C@H](C=O)OCc1ccccc1. The molecule has 0 aromatic heterocycles. The summed E-state index contributed by atoms with van der Waals surface area (Å²) in [7, 11) is 0. The van der Waals surface area contributed by atoms with Crippen molar-refractivity contribution in [1.29, 1.82) is 0 Å². The molecule has 2 rings (SSSR count). The number of carbonyl (C=O) groups is 1. The molecule has 0 spiro atoms. The van der Waals surface area contributed by atoms with E-state index < -0.39 is 12.2 Å². The first-order valence-electron chi connectivity index (χ1n) is 7.22. The Kier molecular flexibility index (Phi) is 6.55. The van der Waals surface area contributed by atoms with E-state index in [9.17, 15) is 4.79 Å². The lowest BCUT2D eigenvalue weighted by Gasteiger charge is -2.21. The van der Waals surface area contributed by atoms with E-state index in [1.165, 1.54) is 0 Å². The molecule has 22 heavy (non-hydrogen) atoms. The summed E-state index contributed by atoms with van der Waals surface area (Å²) in [6.07, 6.45) is 1.23. The quantitative estimate of drug-likeness (QED) is 0.524. The van der Waals surface area contributed by atoms with Gasteiger partial charge in [-0.15, -0.1) is 6.58 Å². The maximum absolute atomic E-state index is 11.3. The molecule has 0 N–H and O–H groups in total. The van der Waals surface area contributed by atoms with E-state index in [-0.39, 0.29) is 0 Å². The highest BCUT2D eigenvalue weighted by Crippen LogP contribution is 2.11. The highest BCUT2D eigenvalue weighted by atomic mass is 16.5. The monoisotopic (exact) mass is 296 g/mol. The molecule has 114 valence electrons. The number of benzene rings is 2. The first-order valence-corrected chi connectivity index (χ1v) is 7.22. The Morgan fingerprint density at radius 1 is 0.818 bits per heavy atom. The Hall–Kier alpha value is -2.23. The average molecular weight is 296 g/mol. The highest BCUT2D eigenvalue weighted by molar-refractivity contribution is 5.57. The maximum Gasteiger partial charge on any atom is 0.151 e. The third kappa shape index (κ3) is 4.95. The lowest BCUT2D eigenvalue weighted by molar-refractivity contribution is -0.128. The topological polar surface area (TPSA) is 35.5 Å². The molecule has 0 fully saturated rings. The van der Waals surface area contributed by atoms with Gasteiger partial charge >= 0.3 is 0 Å². The molecule has 0 bridgehead atoms. The third-order valence-corrected chi connectivity index (χ3v) is 3.26. The van der Waals surface area contributed by atoms with Gasteiger partial charge in [0.2, 0.25) is 0 Å². The lowest BCUT2D eigenvalue weighted by atomic mass is 10.2. The van der Waals surface area contributed by atoms with Gasteiger partial charge in [0.05, 0.1) is 13.2 Å². The second kappa shape index (κ2) is 8.93. The van der Waals surface area contributed by atoms with Gasteiger partial charge in [-0.3, -0.25) is 0 Å². The van der Waals surface area contributed by atoms with Crippen molar-refractivity contribution in [2.45, 2.75) is 25.4 Å². The van der Waals surface area contributed by atoms with Crippen LogP contribution in [0, 0.1) is 0 Å². The molecule has 0 aliphatic rings. The summed E-state index contributed by atoms with van der Waals surface area (Å²) in [5.74, 6) is 0. The number of hydrogen-bond acceptors (Lipinski definition) is 3. The van der Waals surface area contributed by atoms with Crippen LogP contribution in [0.4, 0.5) is 0 Å². The summed E-state index contributed by atoms with van der Waals surface area (Å²) >= 11 is 0. The van der Waals surface area contributed by atoms with Crippen LogP contribution in [0.25, 0.3) is 0 Å². The molecule has 0 unspecified atom stereocenters. The Morgan fingerprint density at radius 3 is 1.68 bits per heavy atom. The molecule has 2 aromatic rings. The van der Waals surface area contributed by atoms with Crippen molar-refractivity contribution in [2.75, 3.05) is 0 Å². The first-order chi connectivity index (χ1) is 10.8. The fourth-order valence-electron chi connectivity index (χ4n) is 2.04. The van der Waals surface area contributed by atoms with Crippen molar-refractivity contribution < 1.29 is 14.3 Å². The summed E-state index contributed by atoms with van der Waals surface area (Å²) in [5, 5.41) is 0. The smallest absolute Gasteiger partial charge is 0.151 e. The molecule has 2 aromatic carbocycles. The van der Waals surface area contributed by atoms with Gasteiger partial charge in [0.15, 0.2) is 6.29 Å². The zero-order valence-corrected chi connectivity index (χ0v) is 12.4. The van der Waals surface area contributed by atoms with E-state index in [0.29, 0.717) is 13.2 Å². The van der Waals surface area contributed by atoms with Crippen LogP contribution in [-0.2, 0) is 27.5 Å². The molecule has 2 atom stereocenters. The summed E-state index contributed by atoms with van der Waals surface area (Å²) in [5.41, 5.74) is 2.06. The molecular formula is C19H20O3. The second-order valence-electron chi connectivity index (χ2n) is 4.89. The minimum Gasteiger partial charge on any atom is -0.366 e. The number of hydrogen-bond donors (Lipinski definition) is 0. The molecule has 0 saturated heterocycles. The van der Waals surface area contributed by atoms with Crippen LogP contribution in [0.15, 0.2) is 73.3 Å². The minimum absolute atomic E-state index is 0.364. The fraction of sp³-hybridized carbons (Fsp3) is 0.211. The predicted octanol–water partition coefficient (Wildman–Crippen LogP) is 3.54. The standard InChI is InChI=1S/C19H20O3/c1-2-18(21-14-16-9-5-3-6-10-16)19(13-20)22-15-17-11-7-4-8-12-17/h2-13,18-19H,1,14-15H2/t18-,19-/m0/s1. The van der Waals surface area contributed by atoms with Gasteiger partial charge in [-0.2, -0.15) is 0 Å². The Morgan fingerprint density at radius 2 is 1.27 bits per heavy atom. The van der Waals surface area contributed by atoms with Gasteiger partial charge in [-0.25, -0.2) is 0 Å². The van der Waals surface area contributed by atoms with E-state index in [1.54, 1.807) is 6.08 Å². The van der Waals surface area contributed by atoms with Crippen LogP contribution in [0.5, 0.6) is 0 Å². The van der Waals surface area contributed by atoms with Gasteiger partial charge in [-0.1, -0.05) is 66.7 Å². The van der Waals surface area contributed by atoms with Crippen molar-refractivity contribution in [3.8, 4) is 0 Å². The van der Waals surface area contributed by atoms with E-state index in [4.69, 9.17) is 9.47 Å². The van der Waals surface area contributed by atoms with Crippen LogP contribution >= 0.6 is 0 Å². The first kappa shape index (κ1) is 16.1. The number of carbonyl (C=O) groups excluding carboxylic acids is 1. The second-order valence-corrected chi connectivity index (χ2v) is 4.89. The zero-order valence-electron chi connectivity index (χ0n) is 12.4. The normalized spacial score (nSPS) is 13.3. The maximum atomic E-state index is 11.3. The Bertz CT molecular complexity index is 512. The van der Waals surface area contributed by atoms with Crippen molar-refractivity contribution >= 4 is 6.29 Å². The van der Waals surface area contributed by atoms with Crippen molar-refractivity contribution in [3.63, 3.8) is 0 Å². The van der Waals surface area contributed by atoms with Crippen LogP contribution in [-0.4, -0.2) is 18.5 Å². The molecule has 3 heteroatoms. The molecule has 0 aliphatic carbocycles. The average Bonchev–Trinajstić information content (AvgIpc) is 2.59. The predicted molar refractivity (Wildman–Crippen MR) is 86.3 cm³/mol. The summed E-state index contributed by atoms with van der Waals surface area (Å²) < 4.78 is 11.4. The van der Waals surface area contributed by atoms with Crippen molar-refractivity contribution in [2.24, 2.45) is 0 Å². The molecule has 0 amide bonds. The van der Waals surface area contributed by atoms with Crippen LogP contribution in [0.1, 0.15) is 11.1 Å². The molecule has 0 heterocycles. The van der Waals surface area contributed by atoms with Gasteiger partial charge in [0.1, 0.15) is 12.2 Å². The van der Waals surface area contributed by atoms with Crippen molar-refractivity contribution in [3.05, 3.63) is 84.4 Å². The summed E-state index contributed by atoms with van der Waals surface area (Å²) in [6.45, 7) is 4.51. The number of aldehydes is 1. The Labute approximate surface area is 131 Å². The lowest BCUT2D eigenvalue weighted by Crippen LogP contribution is -2.31. The molecular weight excluding hydrogens is 276 g/mol. The molecule has 3 nitrogen and oxygen atoms in total. The van der Waals surface area contributed by atoms with Gasteiger partial charge in [-0.05, 0) is 11.1 Å². The number of ether oxygens (including phenoxy) is 2. The van der Waals surface area contributed by atoms with Gasteiger partial charge in [0, 0.05) is 0 Å². The molecule has 0 radical (unpaired) electrons. The number of rotatable bonds is 9. The van der Waals surface area contributed by atoms with E-state index >= 15 is 0 Å². The molecule has 0 aliphatic heterocycles. The van der Waals surface area contributed by atoms with Crippen LogP contribution < -0.4 is 0 Å². The zero-order chi connectivity index (χ0) is 15.6. The summed E-state index contributed by atoms with van der Waals surface area (Å²) in [4.78, 5) is 11.3. The van der Waals surface area contributed by atoms with Gasteiger partial charge < -0.3 is 14.3 Å². The van der Waals surface area contributed by atoms with E-state index in [0.717, 1.165) is 17.4 Å². The highest BCUT2D eigenvalue weighted by Gasteiger charge is 2.19.